The van der Waals surface area contributed by atoms with Crippen molar-refractivity contribution in [2.75, 3.05) is 0 Å². The predicted molar refractivity (Wildman–Crippen MR) is 51.5 cm³/mol. The van der Waals surface area contributed by atoms with Crippen LogP contribution in [0.3, 0.4) is 0 Å². The highest BCUT2D eigenvalue weighted by atomic mass is 19.1. The third-order valence-corrected chi connectivity index (χ3v) is 1.48. The minimum Gasteiger partial charge on any atom is -0.212 e. The van der Waals surface area contributed by atoms with Gasteiger partial charge in [0.2, 0.25) is 0 Å². The summed E-state index contributed by atoms with van der Waals surface area (Å²) in [5, 5.41) is 0. The Kier molecular flexibility index (Phi) is 5.01. The van der Waals surface area contributed by atoms with Crippen LogP contribution < -0.4 is 0 Å². The van der Waals surface area contributed by atoms with Crippen molar-refractivity contribution in [2.24, 2.45) is 5.92 Å². The molecule has 0 aliphatic heterocycles. The van der Waals surface area contributed by atoms with Gasteiger partial charge in [-0.2, -0.15) is 0 Å². The van der Waals surface area contributed by atoms with E-state index in [-0.39, 0.29) is 5.92 Å². The molecule has 0 N–H and O–H groups in total. The summed E-state index contributed by atoms with van der Waals surface area (Å²) in [7, 11) is 0. The number of hydrogen-bond donors (Lipinski definition) is 0. The summed E-state index contributed by atoms with van der Waals surface area (Å²) >= 11 is 0. The molecule has 0 amide bonds. The van der Waals surface area contributed by atoms with E-state index >= 15 is 0 Å². The van der Waals surface area contributed by atoms with Crippen molar-refractivity contribution in [2.45, 2.75) is 20.8 Å². The Labute approximate surface area is 78.0 Å². The van der Waals surface area contributed by atoms with Gasteiger partial charge >= 0.3 is 0 Å². The van der Waals surface area contributed by atoms with E-state index < -0.39 is 11.7 Å². The van der Waals surface area contributed by atoms with E-state index in [0.717, 1.165) is 6.08 Å². The summed E-state index contributed by atoms with van der Waals surface area (Å²) < 4.78 is 25.6. The van der Waals surface area contributed by atoms with E-state index in [0.29, 0.717) is 5.57 Å². The molecular weight excluding hydrogens is 170 g/mol. The Morgan fingerprint density at radius 2 is 1.92 bits per heavy atom. The molecule has 0 aromatic carbocycles. The van der Waals surface area contributed by atoms with Gasteiger partial charge in [-0.3, -0.25) is 0 Å². The lowest BCUT2D eigenvalue weighted by atomic mass is 10.0. The van der Waals surface area contributed by atoms with Crippen LogP contribution in [0.15, 0.2) is 41.7 Å². The monoisotopic (exact) mass is 184 g/mol. The van der Waals surface area contributed by atoms with Gasteiger partial charge in [-0.1, -0.05) is 20.4 Å². The minimum absolute atomic E-state index is 0.00940. The van der Waals surface area contributed by atoms with Crippen molar-refractivity contribution in [1.29, 1.82) is 0 Å². The van der Waals surface area contributed by atoms with Crippen molar-refractivity contribution in [3.8, 4) is 0 Å². The highest BCUT2D eigenvalue weighted by Gasteiger charge is 2.05. The smallest absolute Gasteiger partial charge is 0.129 e. The molecule has 0 bridgehead atoms. The first-order chi connectivity index (χ1) is 5.99. The lowest BCUT2D eigenvalue weighted by molar-refractivity contribution is 0.598. The fraction of sp³-hybridized carbons (Fsp3) is 0.364. The summed E-state index contributed by atoms with van der Waals surface area (Å²) in [6, 6.07) is 0. The maximum absolute atomic E-state index is 13.2. The average Bonchev–Trinajstić information content (AvgIpc) is 1.97. The second-order valence-corrected chi connectivity index (χ2v) is 3.04. The maximum atomic E-state index is 13.2. The summed E-state index contributed by atoms with van der Waals surface area (Å²) in [6.07, 6.45) is 2.29. The normalized spacial score (nSPS) is 13.8. The molecule has 0 heterocycles. The van der Waals surface area contributed by atoms with E-state index in [1.54, 1.807) is 0 Å². The first-order valence-corrected chi connectivity index (χ1v) is 4.08. The van der Waals surface area contributed by atoms with Crippen LogP contribution in [0.4, 0.5) is 8.78 Å². The summed E-state index contributed by atoms with van der Waals surface area (Å²) in [5.74, 6) is -1.12. The Bertz CT molecular complexity index is 272. The molecule has 2 heteroatoms. The number of halogens is 2. The quantitative estimate of drug-likeness (QED) is 0.458. The van der Waals surface area contributed by atoms with Gasteiger partial charge in [0.05, 0.1) is 5.83 Å². The summed E-state index contributed by atoms with van der Waals surface area (Å²) in [4.78, 5) is 0. The molecule has 0 fully saturated rings. The highest BCUT2D eigenvalue weighted by molar-refractivity contribution is 5.30. The molecule has 0 rings (SSSR count). The zero-order valence-corrected chi connectivity index (χ0v) is 8.20. The van der Waals surface area contributed by atoms with Crippen LogP contribution in [0.2, 0.25) is 0 Å². The van der Waals surface area contributed by atoms with Crippen LogP contribution in [0.5, 0.6) is 0 Å². The van der Waals surface area contributed by atoms with Gasteiger partial charge in [-0.05, 0) is 24.5 Å². The fourth-order valence-electron chi connectivity index (χ4n) is 0.879. The third-order valence-electron chi connectivity index (χ3n) is 1.48. The van der Waals surface area contributed by atoms with Crippen LogP contribution in [0.1, 0.15) is 20.8 Å². The van der Waals surface area contributed by atoms with Crippen molar-refractivity contribution in [1.82, 2.24) is 0 Å². The predicted octanol–water partition coefficient (Wildman–Crippen LogP) is 4.08. The number of rotatable bonds is 3. The van der Waals surface area contributed by atoms with Crippen molar-refractivity contribution in [3.63, 3.8) is 0 Å². The molecule has 72 valence electrons. The molecule has 0 aliphatic carbocycles. The molecule has 0 saturated carbocycles. The molecule has 0 saturated heterocycles. The molecule has 0 aliphatic rings. The van der Waals surface area contributed by atoms with Gasteiger partial charge < -0.3 is 0 Å². The molecule has 0 radical (unpaired) electrons. The van der Waals surface area contributed by atoms with Gasteiger partial charge in [-0.25, -0.2) is 8.78 Å². The standard InChI is InChI=1S/C11H14F2/c1-5-6-10(8(2)3)11(13)7-9(4)12/h6-8H,1H2,2-4H3/b9-7+,11-10-. The SMILES string of the molecule is C=C=C/C(=C(F)\C=C(/C)F)C(C)C. The fourth-order valence-corrected chi connectivity index (χ4v) is 0.879. The van der Waals surface area contributed by atoms with E-state index in [1.165, 1.54) is 13.0 Å². The maximum Gasteiger partial charge on any atom is 0.129 e. The van der Waals surface area contributed by atoms with E-state index in [9.17, 15) is 8.78 Å². The minimum atomic E-state index is -0.564. The van der Waals surface area contributed by atoms with Crippen LogP contribution in [-0.4, -0.2) is 0 Å². The van der Waals surface area contributed by atoms with Crippen molar-refractivity contribution in [3.05, 3.63) is 41.7 Å². The summed E-state index contributed by atoms with van der Waals surface area (Å²) in [5.41, 5.74) is 2.89. The van der Waals surface area contributed by atoms with Crippen molar-refractivity contribution < 1.29 is 8.78 Å². The molecule has 0 atom stereocenters. The zero-order chi connectivity index (χ0) is 10.4. The topological polar surface area (TPSA) is 0 Å². The Morgan fingerprint density at radius 1 is 1.38 bits per heavy atom. The van der Waals surface area contributed by atoms with E-state index in [1.807, 2.05) is 13.8 Å². The number of allylic oxidation sites excluding steroid dienone is 5. The molecule has 0 unspecified atom stereocenters. The molecule has 0 spiro atoms. The Morgan fingerprint density at radius 3 is 2.23 bits per heavy atom. The largest absolute Gasteiger partial charge is 0.212 e. The molecule has 0 aromatic heterocycles. The molecule has 13 heavy (non-hydrogen) atoms. The van der Waals surface area contributed by atoms with Gasteiger partial charge in [0.15, 0.2) is 0 Å². The highest BCUT2D eigenvalue weighted by Crippen LogP contribution is 2.19. The van der Waals surface area contributed by atoms with Crippen LogP contribution in [-0.2, 0) is 0 Å². The van der Waals surface area contributed by atoms with Crippen LogP contribution in [0.25, 0.3) is 0 Å². The second kappa shape index (κ2) is 5.50. The van der Waals surface area contributed by atoms with Gasteiger partial charge in [0.1, 0.15) is 5.83 Å². The summed E-state index contributed by atoms with van der Waals surface area (Å²) in [6.45, 7) is 8.20. The second-order valence-electron chi connectivity index (χ2n) is 3.04. The van der Waals surface area contributed by atoms with Gasteiger partial charge in [-0.15, -0.1) is 5.73 Å². The Hall–Kier alpha value is -1.14. The first-order valence-electron chi connectivity index (χ1n) is 4.08. The lowest BCUT2D eigenvalue weighted by Gasteiger charge is -2.05. The van der Waals surface area contributed by atoms with Gasteiger partial charge in [0, 0.05) is 6.08 Å². The van der Waals surface area contributed by atoms with E-state index in [4.69, 9.17) is 0 Å². The molecule has 0 nitrogen and oxygen atoms in total. The molecule has 0 aromatic rings. The Balaban J connectivity index is 5.09. The van der Waals surface area contributed by atoms with Crippen LogP contribution >= 0.6 is 0 Å². The first kappa shape index (κ1) is 11.9. The number of hydrogen-bond acceptors (Lipinski definition) is 0. The zero-order valence-electron chi connectivity index (χ0n) is 8.20. The van der Waals surface area contributed by atoms with Gasteiger partial charge in [0.25, 0.3) is 0 Å². The van der Waals surface area contributed by atoms with E-state index in [2.05, 4.69) is 12.3 Å². The van der Waals surface area contributed by atoms with Crippen LogP contribution in [0, 0.1) is 5.92 Å². The lowest BCUT2D eigenvalue weighted by Crippen LogP contribution is -1.92. The molecular formula is C11H14F2. The third kappa shape index (κ3) is 4.44. The van der Waals surface area contributed by atoms with Crippen molar-refractivity contribution >= 4 is 0 Å². The average molecular weight is 184 g/mol.